The second kappa shape index (κ2) is 2.54. The molecule has 13 heavy (non-hydrogen) atoms. The number of rotatable bonds is 1. The second-order valence-corrected chi connectivity index (χ2v) is 4.14. The molecule has 2 aliphatic rings. The van der Waals surface area contributed by atoms with Crippen molar-refractivity contribution in [2.45, 2.75) is 37.3 Å². The Labute approximate surface area is 76.9 Å². The molecule has 4 nitrogen and oxygen atoms in total. The van der Waals surface area contributed by atoms with Gasteiger partial charge in [-0.25, -0.2) is 0 Å². The van der Waals surface area contributed by atoms with E-state index in [9.17, 15) is 0 Å². The van der Waals surface area contributed by atoms with Gasteiger partial charge in [0.15, 0.2) is 0 Å². The largest absolute Gasteiger partial charge is 0.345 e. The fraction of sp³-hybridized carbons (Fsp3) is 0.778. The topological polar surface area (TPSA) is 42.2 Å². The molecule has 2 bridgehead atoms. The SMILES string of the molecule is CN1C2CCC1C(c1conn1)C2. The molecular weight excluding hydrogens is 166 g/mol. The average Bonchev–Trinajstić information content (AvgIpc) is 2.82. The van der Waals surface area contributed by atoms with Crippen LogP contribution in [0.3, 0.4) is 0 Å². The maximum Gasteiger partial charge on any atom is 0.147 e. The number of fused-ring (bicyclic) bond motifs is 2. The predicted octanol–water partition coefficient (Wildman–Crippen LogP) is 1.02. The molecule has 4 heteroatoms. The molecule has 0 spiro atoms. The minimum absolute atomic E-state index is 0.565. The van der Waals surface area contributed by atoms with Crippen molar-refractivity contribution < 1.29 is 4.52 Å². The monoisotopic (exact) mass is 179 g/mol. The van der Waals surface area contributed by atoms with Crippen molar-refractivity contribution in [3.8, 4) is 0 Å². The van der Waals surface area contributed by atoms with Crippen LogP contribution in [0.15, 0.2) is 10.8 Å². The van der Waals surface area contributed by atoms with Gasteiger partial charge in [-0.1, -0.05) is 0 Å². The van der Waals surface area contributed by atoms with Crippen LogP contribution in [0.4, 0.5) is 0 Å². The number of nitrogens with zero attached hydrogens (tertiary/aromatic N) is 3. The fourth-order valence-electron chi connectivity index (χ4n) is 2.91. The smallest absolute Gasteiger partial charge is 0.147 e. The summed E-state index contributed by atoms with van der Waals surface area (Å²) in [5.74, 6) is 0.565. The first-order chi connectivity index (χ1) is 6.36. The molecule has 0 aliphatic carbocycles. The first-order valence-electron chi connectivity index (χ1n) is 4.85. The highest BCUT2D eigenvalue weighted by Crippen LogP contribution is 2.44. The third kappa shape index (κ3) is 0.950. The van der Waals surface area contributed by atoms with Crippen molar-refractivity contribution in [2.75, 3.05) is 7.05 Å². The molecule has 0 saturated carbocycles. The van der Waals surface area contributed by atoms with Gasteiger partial charge in [-0.15, -0.1) is 5.10 Å². The molecule has 1 aromatic heterocycles. The van der Waals surface area contributed by atoms with Gasteiger partial charge in [0, 0.05) is 23.3 Å². The molecule has 3 unspecified atom stereocenters. The summed E-state index contributed by atoms with van der Waals surface area (Å²) in [6, 6.07) is 1.45. The van der Waals surface area contributed by atoms with Crippen LogP contribution in [0.5, 0.6) is 0 Å². The quantitative estimate of drug-likeness (QED) is 0.645. The highest BCUT2D eigenvalue weighted by molar-refractivity contribution is 5.13. The standard InChI is InChI=1S/C9H13N3O/c1-12-6-2-3-9(12)7(4-6)8-5-13-11-10-8/h5-7,9H,2-4H2,1H3. The van der Waals surface area contributed by atoms with E-state index in [2.05, 4.69) is 22.3 Å². The minimum Gasteiger partial charge on any atom is -0.345 e. The van der Waals surface area contributed by atoms with Crippen LogP contribution in [0, 0.1) is 0 Å². The fourth-order valence-corrected chi connectivity index (χ4v) is 2.91. The molecule has 1 aromatic rings. The van der Waals surface area contributed by atoms with Crippen molar-refractivity contribution in [1.29, 1.82) is 0 Å². The Balaban J connectivity index is 1.89. The molecule has 0 amide bonds. The molecule has 0 radical (unpaired) electrons. The van der Waals surface area contributed by atoms with E-state index in [1.54, 1.807) is 6.26 Å². The zero-order valence-corrected chi connectivity index (χ0v) is 7.68. The number of hydrogen-bond donors (Lipinski definition) is 0. The van der Waals surface area contributed by atoms with Gasteiger partial charge in [-0.3, -0.25) is 4.90 Å². The van der Waals surface area contributed by atoms with Crippen LogP contribution in [0.1, 0.15) is 30.9 Å². The van der Waals surface area contributed by atoms with Gasteiger partial charge < -0.3 is 4.52 Å². The summed E-state index contributed by atoms with van der Waals surface area (Å²) in [6.45, 7) is 0. The highest BCUT2D eigenvalue weighted by Gasteiger charge is 2.45. The van der Waals surface area contributed by atoms with Crippen LogP contribution in [0.25, 0.3) is 0 Å². The zero-order chi connectivity index (χ0) is 8.84. The third-order valence-corrected chi connectivity index (χ3v) is 3.64. The van der Waals surface area contributed by atoms with E-state index in [1.165, 1.54) is 19.3 Å². The summed E-state index contributed by atoms with van der Waals surface area (Å²) in [6.07, 6.45) is 5.58. The van der Waals surface area contributed by atoms with Crippen molar-refractivity contribution in [3.05, 3.63) is 12.0 Å². The van der Waals surface area contributed by atoms with E-state index in [1.807, 2.05) is 0 Å². The molecule has 3 rings (SSSR count). The van der Waals surface area contributed by atoms with Crippen LogP contribution in [-0.2, 0) is 0 Å². The Hall–Kier alpha value is -0.900. The van der Waals surface area contributed by atoms with Crippen molar-refractivity contribution in [1.82, 2.24) is 15.3 Å². The average molecular weight is 179 g/mol. The number of hydrogen-bond acceptors (Lipinski definition) is 4. The summed E-state index contributed by atoms with van der Waals surface area (Å²) < 4.78 is 4.79. The molecule has 0 aromatic carbocycles. The van der Waals surface area contributed by atoms with Gasteiger partial charge in [0.2, 0.25) is 0 Å². The van der Waals surface area contributed by atoms with Gasteiger partial charge in [-0.05, 0) is 26.3 Å². The lowest BCUT2D eigenvalue weighted by atomic mass is 9.87. The third-order valence-electron chi connectivity index (χ3n) is 3.64. The zero-order valence-electron chi connectivity index (χ0n) is 7.68. The lowest BCUT2D eigenvalue weighted by molar-refractivity contribution is 0.306. The van der Waals surface area contributed by atoms with E-state index in [0.717, 1.165) is 11.7 Å². The molecule has 2 saturated heterocycles. The lowest BCUT2D eigenvalue weighted by Gasteiger charge is -2.18. The maximum atomic E-state index is 4.79. The Kier molecular flexibility index (Phi) is 1.47. The lowest BCUT2D eigenvalue weighted by Crippen LogP contribution is -2.25. The Morgan fingerprint density at radius 2 is 2.46 bits per heavy atom. The summed E-state index contributed by atoms with van der Waals surface area (Å²) >= 11 is 0. The molecule has 70 valence electrons. The van der Waals surface area contributed by atoms with E-state index in [4.69, 9.17) is 4.52 Å². The van der Waals surface area contributed by atoms with Gasteiger partial charge in [-0.2, -0.15) is 0 Å². The summed E-state index contributed by atoms with van der Waals surface area (Å²) in [5, 5.41) is 7.54. The predicted molar refractivity (Wildman–Crippen MR) is 46.2 cm³/mol. The first kappa shape index (κ1) is 7.50. The molecular formula is C9H13N3O. The minimum atomic E-state index is 0.565. The van der Waals surface area contributed by atoms with Gasteiger partial charge in [0.25, 0.3) is 0 Å². The van der Waals surface area contributed by atoms with Crippen LogP contribution >= 0.6 is 0 Å². The number of aromatic nitrogens is 2. The molecule has 2 fully saturated rings. The summed E-state index contributed by atoms with van der Waals surface area (Å²) in [7, 11) is 2.22. The van der Waals surface area contributed by atoms with Crippen LogP contribution in [-0.4, -0.2) is 34.4 Å². The van der Waals surface area contributed by atoms with Crippen molar-refractivity contribution >= 4 is 0 Å². The van der Waals surface area contributed by atoms with Gasteiger partial charge in [0.1, 0.15) is 12.0 Å². The Morgan fingerprint density at radius 1 is 1.54 bits per heavy atom. The highest BCUT2D eigenvalue weighted by atomic mass is 16.5. The van der Waals surface area contributed by atoms with E-state index in [0.29, 0.717) is 12.0 Å². The van der Waals surface area contributed by atoms with Crippen LogP contribution in [0.2, 0.25) is 0 Å². The van der Waals surface area contributed by atoms with E-state index in [-0.39, 0.29) is 0 Å². The summed E-state index contributed by atoms with van der Waals surface area (Å²) in [5.41, 5.74) is 1.04. The Morgan fingerprint density at radius 3 is 3.00 bits per heavy atom. The van der Waals surface area contributed by atoms with Crippen LogP contribution < -0.4 is 0 Å². The summed E-state index contributed by atoms with van der Waals surface area (Å²) in [4.78, 5) is 2.49. The van der Waals surface area contributed by atoms with E-state index >= 15 is 0 Å². The maximum absolute atomic E-state index is 4.79. The number of likely N-dealkylation sites (N-methyl/N-ethyl adjacent to an activating group) is 1. The van der Waals surface area contributed by atoms with Gasteiger partial charge in [0.05, 0.1) is 0 Å². The molecule has 2 aliphatic heterocycles. The first-order valence-corrected chi connectivity index (χ1v) is 4.85. The molecule has 3 heterocycles. The normalized spacial score (nSPS) is 38.7. The van der Waals surface area contributed by atoms with Crippen molar-refractivity contribution in [2.24, 2.45) is 0 Å². The van der Waals surface area contributed by atoms with Crippen molar-refractivity contribution in [3.63, 3.8) is 0 Å². The van der Waals surface area contributed by atoms with Gasteiger partial charge >= 0.3 is 0 Å². The van der Waals surface area contributed by atoms with E-state index < -0.39 is 0 Å². The second-order valence-electron chi connectivity index (χ2n) is 4.14. The Bertz CT molecular complexity index is 298. The molecule has 3 atom stereocenters. The molecule has 0 N–H and O–H groups in total.